The Morgan fingerprint density at radius 3 is 2.84 bits per heavy atom. The fourth-order valence-corrected chi connectivity index (χ4v) is 2.10. The summed E-state index contributed by atoms with van der Waals surface area (Å²) in [7, 11) is 1.50. The lowest BCUT2D eigenvalue weighted by molar-refractivity contribution is -0.141. The van der Waals surface area contributed by atoms with Crippen molar-refractivity contribution in [3.8, 4) is 0 Å². The molecule has 19 heavy (non-hydrogen) atoms. The lowest BCUT2D eigenvalue weighted by Gasteiger charge is -2.19. The average Bonchev–Trinajstić information content (AvgIpc) is 3.04. The summed E-state index contributed by atoms with van der Waals surface area (Å²) in [6.45, 7) is 2.12. The quantitative estimate of drug-likeness (QED) is 0.774. The van der Waals surface area contributed by atoms with Crippen LogP contribution in [0.5, 0.6) is 0 Å². The number of aliphatic carboxylic acids is 1. The van der Waals surface area contributed by atoms with Crippen LogP contribution in [0.1, 0.15) is 29.8 Å². The van der Waals surface area contributed by atoms with Crippen LogP contribution in [0.2, 0.25) is 0 Å². The molecule has 1 amide bonds. The third-order valence-electron chi connectivity index (χ3n) is 3.20. The Balaban J connectivity index is 2.18. The number of amides is 1. The molecule has 2 rings (SSSR count). The maximum absolute atomic E-state index is 12.2. The van der Waals surface area contributed by atoms with E-state index in [4.69, 9.17) is 9.84 Å². The largest absolute Gasteiger partial charge is 0.480 e. The number of nitrogens with zero attached hydrogens (tertiary/aromatic N) is 3. The second-order valence-corrected chi connectivity index (χ2v) is 4.36. The first kappa shape index (κ1) is 13.5. The van der Waals surface area contributed by atoms with E-state index in [2.05, 4.69) is 15.2 Å². The first-order chi connectivity index (χ1) is 9.06. The molecule has 1 aliphatic heterocycles. The molecule has 0 spiro atoms. The van der Waals surface area contributed by atoms with Crippen molar-refractivity contribution in [3.63, 3.8) is 0 Å². The van der Waals surface area contributed by atoms with Crippen molar-refractivity contribution in [1.82, 2.24) is 20.1 Å². The fraction of sp³-hybridized carbons (Fsp3) is 0.636. The van der Waals surface area contributed by atoms with Crippen LogP contribution < -0.4 is 0 Å². The van der Waals surface area contributed by atoms with Crippen LogP contribution >= 0.6 is 0 Å². The van der Waals surface area contributed by atoms with Gasteiger partial charge in [-0.05, 0) is 0 Å². The first-order valence-corrected chi connectivity index (χ1v) is 6.04. The van der Waals surface area contributed by atoms with Gasteiger partial charge in [-0.2, -0.15) is 0 Å². The van der Waals surface area contributed by atoms with Crippen molar-refractivity contribution in [2.75, 3.05) is 13.7 Å². The highest BCUT2D eigenvalue weighted by Crippen LogP contribution is 2.21. The molecule has 8 heteroatoms. The Morgan fingerprint density at radius 1 is 1.58 bits per heavy atom. The van der Waals surface area contributed by atoms with Gasteiger partial charge >= 0.3 is 5.97 Å². The lowest BCUT2D eigenvalue weighted by Crippen LogP contribution is -2.41. The average molecular weight is 268 g/mol. The number of carbonyl (C=O) groups is 2. The molecule has 0 aliphatic carbocycles. The summed E-state index contributed by atoms with van der Waals surface area (Å²) in [5, 5.41) is 15.6. The van der Waals surface area contributed by atoms with E-state index in [1.165, 1.54) is 12.0 Å². The summed E-state index contributed by atoms with van der Waals surface area (Å²) >= 11 is 0. The molecule has 8 nitrogen and oxygen atoms in total. The van der Waals surface area contributed by atoms with Crippen molar-refractivity contribution < 1.29 is 19.4 Å². The Bertz CT molecular complexity index is 487. The topological polar surface area (TPSA) is 108 Å². The molecule has 0 bridgehead atoms. The molecule has 0 aromatic carbocycles. The molecule has 0 saturated carbocycles. The number of aromatic nitrogens is 3. The summed E-state index contributed by atoms with van der Waals surface area (Å²) in [6, 6.07) is -0.888. The van der Waals surface area contributed by atoms with E-state index in [1.54, 1.807) is 0 Å². The van der Waals surface area contributed by atoms with E-state index in [0.29, 0.717) is 12.2 Å². The van der Waals surface area contributed by atoms with Crippen LogP contribution in [0.25, 0.3) is 0 Å². The zero-order chi connectivity index (χ0) is 14.0. The van der Waals surface area contributed by atoms with Gasteiger partial charge in [0.05, 0.1) is 6.10 Å². The summed E-state index contributed by atoms with van der Waals surface area (Å²) < 4.78 is 5.13. The maximum Gasteiger partial charge on any atom is 0.326 e. The van der Waals surface area contributed by atoms with Gasteiger partial charge in [0.1, 0.15) is 11.9 Å². The minimum atomic E-state index is -1.04. The number of aryl methyl sites for hydroxylation is 1. The number of H-pyrrole nitrogens is 1. The molecule has 1 aliphatic rings. The smallest absolute Gasteiger partial charge is 0.326 e. The second kappa shape index (κ2) is 5.35. The fourth-order valence-electron chi connectivity index (χ4n) is 2.10. The Morgan fingerprint density at radius 2 is 2.32 bits per heavy atom. The number of rotatable bonds is 4. The zero-order valence-electron chi connectivity index (χ0n) is 10.8. The van der Waals surface area contributed by atoms with Gasteiger partial charge in [-0.25, -0.2) is 9.78 Å². The number of carboxylic acids is 1. The normalized spacial score (nSPS) is 22.7. The van der Waals surface area contributed by atoms with Gasteiger partial charge in [-0.1, -0.05) is 6.92 Å². The molecule has 104 valence electrons. The van der Waals surface area contributed by atoms with E-state index in [1.807, 2.05) is 6.92 Å². The van der Waals surface area contributed by atoms with Crippen LogP contribution in [-0.4, -0.2) is 62.9 Å². The third kappa shape index (κ3) is 2.58. The van der Waals surface area contributed by atoms with Gasteiger partial charge in [-0.3, -0.25) is 9.89 Å². The summed E-state index contributed by atoms with van der Waals surface area (Å²) in [5.74, 6) is -0.931. The Kier molecular flexibility index (Phi) is 3.79. The molecule has 2 N–H and O–H groups in total. The Hall–Kier alpha value is -1.96. The predicted molar refractivity (Wildman–Crippen MR) is 63.6 cm³/mol. The standard InChI is InChI=1S/C11H16N4O4/c1-3-8-12-9(14-13-8)10(16)15-5-6(19-2)4-7(15)11(17)18/h6-7H,3-5H2,1-2H3,(H,17,18)(H,12,13,14). The van der Waals surface area contributed by atoms with Crippen molar-refractivity contribution in [3.05, 3.63) is 11.6 Å². The van der Waals surface area contributed by atoms with E-state index in [0.717, 1.165) is 0 Å². The number of ether oxygens (including phenoxy) is 1. The van der Waals surface area contributed by atoms with Crippen molar-refractivity contribution in [2.24, 2.45) is 0 Å². The molecule has 1 fully saturated rings. The number of hydrogen-bond donors (Lipinski definition) is 2. The molecule has 1 aromatic heterocycles. The summed E-state index contributed by atoms with van der Waals surface area (Å²) in [5.41, 5.74) is 0. The van der Waals surface area contributed by atoms with Crippen molar-refractivity contribution in [2.45, 2.75) is 31.9 Å². The molecule has 2 unspecified atom stereocenters. The van der Waals surface area contributed by atoms with Crippen LogP contribution in [-0.2, 0) is 16.0 Å². The molecule has 2 atom stereocenters. The van der Waals surface area contributed by atoms with Gasteiger partial charge in [-0.15, -0.1) is 5.10 Å². The van der Waals surface area contributed by atoms with E-state index in [-0.39, 0.29) is 24.9 Å². The van der Waals surface area contributed by atoms with E-state index < -0.39 is 17.9 Å². The van der Waals surface area contributed by atoms with Crippen LogP contribution in [0.15, 0.2) is 0 Å². The van der Waals surface area contributed by atoms with Crippen LogP contribution in [0.4, 0.5) is 0 Å². The molecule has 1 saturated heterocycles. The number of aromatic amines is 1. The minimum Gasteiger partial charge on any atom is -0.480 e. The predicted octanol–water partition coefficient (Wildman–Crippen LogP) is -0.319. The lowest BCUT2D eigenvalue weighted by atomic mass is 10.2. The highest BCUT2D eigenvalue weighted by molar-refractivity contribution is 5.94. The minimum absolute atomic E-state index is 0.000136. The zero-order valence-corrected chi connectivity index (χ0v) is 10.8. The number of carboxylic acid groups (broad SMARTS) is 1. The SMILES string of the molecule is CCc1nc(C(=O)N2CC(OC)CC2C(=O)O)n[nH]1. The molecular formula is C11H16N4O4. The monoisotopic (exact) mass is 268 g/mol. The van der Waals surface area contributed by atoms with Gasteiger partial charge in [0.2, 0.25) is 5.82 Å². The molecule has 1 aromatic rings. The molecular weight excluding hydrogens is 252 g/mol. The first-order valence-electron chi connectivity index (χ1n) is 6.04. The number of carbonyl (C=O) groups excluding carboxylic acids is 1. The van der Waals surface area contributed by atoms with E-state index in [9.17, 15) is 9.59 Å². The van der Waals surface area contributed by atoms with Gasteiger partial charge in [0.15, 0.2) is 0 Å². The van der Waals surface area contributed by atoms with Crippen molar-refractivity contribution >= 4 is 11.9 Å². The number of likely N-dealkylation sites (tertiary alicyclic amines) is 1. The number of methoxy groups -OCH3 is 1. The van der Waals surface area contributed by atoms with E-state index >= 15 is 0 Å². The summed E-state index contributed by atoms with van der Waals surface area (Å²) in [4.78, 5) is 28.7. The summed E-state index contributed by atoms with van der Waals surface area (Å²) in [6.07, 6.45) is 0.640. The second-order valence-electron chi connectivity index (χ2n) is 4.36. The molecule has 0 radical (unpaired) electrons. The van der Waals surface area contributed by atoms with Gasteiger partial charge in [0, 0.05) is 26.5 Å². The van der Waals surface area contributed by atoms with Crippen molar-refractivity contribution in [1.29, 1.82) is 0 Å². The van der Waals surface area contributed by atoms with Gasteiger partial charge in [0.25, 0.3) is 5.91 Å². The highest BCUT2D eigenvalue weighted by Gasteiger charge is 2.41. The van der Waals surface area contributed by atoms with Crippen LogP contribution in [0, 0.1) is 0 Å². The highest BCUT2D eigenvalue weighted by atomic mass is 16.5. The molecule has 2 heterocycles. The van der Waals surface area contributed by atoms with Crippen LogP contribution in [0.3, 0.4) is 0 Å². The number of nitrogens with one attached hydrogen (secondary N) is 1. The Labute approximate surface area is 109 Å². The number of hydrogen-bond acceptors (Lipinski definition) is 5. The van der Waals surface area contributed by atoms with Gasteiger partial charge < -0.3 is 14.7 Å². The maximum atomic E-state index is 12.2. The third-order valence-corrected chi connectivity index (χ3v) is 3.20.